The number of rotatable bonds is 54. The molecule has 0 aromatic rings. The standard InChI is InChI=1S/C61H114O12/c1-4-7-10-13-16-19-22-24-26-27-29-31-34-37-40-43-46-49-55(64)72-59-57(66)56(65)58(60(67)68)73-61(59)70-51-52(71-54(63)48-45-42-39-36-32-21-18-15-12-9-6-3)50-69-53(62)47-44-41-38-35-33-30-28-25-23-20-17-14-11-8-5-2/h52,56-59,61,65-66H,4-51H2,1-3H3,(H,67,68). The second kappa shape index (κ2) is 50.5. The molecular weight excluding hydrogens is 925 g/mol. The molecule has 0 amide bonds. The molecule has 1 aliphatic rings. The average molecular weight is 1040 g/mol. The van der Waals surface area contributed by atoms with E-state index in [9.17, 15) is 34.5 Å². The van der Waals surface area contributed by atoms with Gasteiger partial charge in [0.05, 0.1) is 6.61 Å². The van der Waals surface area contributed by atoms with E-state index in [1.165, 1.54) is 199 Å². The van der Waals surface area contributed by atoms with Crippen molar-refractivity contribution in [1.29, 1.82) is 0 Å². The lowest BCUT2D eigenvalue weighted by atomic mass is 9.98. The summed E-state index contributed by atoms with van der Waals surface area (Å²) in [5.74, 6) is -3.07. The Kier molecular flexibility index (Phi) is 47.6. The van der Waals surface area contributed by atoms with Gasteiger partial charge in [0, 0.05) is 19.3 Å². The summed E-state index contributed by atoms with van der Waals surface area (Å²) < 4.78 is 28.5. The van der Waals surface area contributed by atoms with Crippen LogP contribution < -0.4 is 0 Å². The topological polar surface area (TPSA) is 175 Å². The van der Waals surface area contributed by atoms with Gasteiger partial charge in [0.25, 0.3) is 0 Å². The predicted molar refractivity (Wildman–Crippen MR) is 294 cm³/mol. The third-order valence-corrected chi connectivity index (χ3v) is 14.7. The van der Waals surface area contributed by atoms with Crippen LogP contribution in [0.25, 0.3) is 0 Å². The summed E-state index contributed by atoms with van der Waals surface area (Å²) in [5.41, 5.74) is 0. The molecule has 12 heteroatoms. The lowest BCUT2D eigenvalue weighted by Gasteiger charge is -2.40. The van der Waals surface area contributed by atoms with Crippen molar-refractivity contribution in [1.82, 2.24) is 0 Å². The van der Waals surface area contributed by atoms with Gasteiger partial charge in [-0.15, -0.1) is 0 Å². The van der Waals surface area contributed by atoms with E-state index in [2.05, 4.69) is 20.8 Å². The predicted octanol–water partition coefficient (Wildman–Crippen LogP) is 15.9. The Bertz CT molecular complexity index is 1280. The number of esters is 3. The Morgan fingerprint density at radius 1 is 0.397 bits per heavy atom. The van der Waals surface area contributed by atoms with Crippen LogP contribution in [0.1, 0.15) is 316 Å². The van der Waals surface area contributed by atoms with E-state index in [1.54, 1.807) is 0 Å². The van der Waals surface area contributed by atoms with Crippen LogP contribution in [0.4, 0.5) is 0 Å². The van der Waals surface area contributed by atoms with Crippen molar-refractivity contribution in [3.8, 4) is 0 Å². The number of unbranched alkanes of at least 4 members (excludes halogenated alkanes) is 40. The molecule has 3 N–H and O–H groups in total. The fourth-order valence-electron chi connectivity index (χ4n) is 9.90. The highest BCUT2D eigenvalue weighted by molar-refractivity contribution is 5.74. The van der Waals surface area contributed by atoms with Crippen molar-refractivity contribution in [3.63, 3.8) is 0 Å². The van der Waals surface area contributed by atoms with Gasteiger partial charge in [-0.1, -0.05) is 278 Å². The molecule has 0 aliphatic carbocycles. The molecule has 12 nitrogen and oxygen atoms in total. The monoisotopic (exact) mass is 1040 g/mol. The molecule has 0 saturated carbocycles. The van der Waals surface area contributed by atoms with Gasteiger partial charge >= 0.3 is 23.9 Å². The number of aliphatic carboxylic acids is 1. The van der Waals surface area contributed by atoms with E-state index in [0.717, 1.165) is 57.8 Å². The van der Waals surface area contributed by atoms with Gasteiger partial charge in [0.2, 0.25) is 0 Å². The Morgan fingerprint density at radius 2 is 0.699 bits per heavy atom. The first-order valence-electron chi connectivity index (χ1n) is 31.0. The summed E-state index contributed by atoms with van der Waals surface area (Å²) >= 11 is 0. The van der Waals surface area contributed by atoms with Crippen molar-refractivity contribution in [3.05, 3.63) is 0 Å². The van der Waals surface area contributed by atoms with Crippen LogP contribution in [0.3, 0.4) is 0 Å². The highest BCUT2D eigenvalue weighted by Crippen LogP contribution is 2.27. The first kappa shape index (κ1) is 68.7. The molecular formula is C61H114O12. The van der Waals surface area contributed by atoms with Crippen LogP contribution in [-0.2, 0) is 42.9 Å². The van der Waals surface area contributed by atoms with Crippen LogP contribution in [0.15, 0.2) is 0 Å². The van der Waals surface area contributed by atoms with Crippen molar-refractivity contribution >= 4 is 23.9 Å². The highest BCUT2D eigenvalue weighted by Gasteiger charge is 2.50. The molecule has 1 rings (SSSR count). The molecule has 0 aromatic heterocycles. The molecule has 73 heavy (non-hydrogen) atoms. The maximum absolute atomic E-state index is 13.1. The largest absolute Gasteiger partial charge is 0.479 e. The number of hydrogen-bond acceptors (Lipinski definition) is 11. The molecule has 0 radical (unpaired) electrons. The van der Waals surface area contributed by atoms with Crippen LogP contribution >= 0.6 is 0 Å². The maximum Gasteiger partial charge on any atom is 0.335 e. The van der Waals surface area contributed by atoms with Crippen LogP contribution in [0.2, 0.25) is 0 Å². The summed E-state index contributed by atoms with van der Waals surface area (Å²) in [5, 5.41) is 31.5. The van der Waals surface area contributed by atoms with Crippen LogP contribution in [0.5, 0.6) is 0 Å². The van der Waals surface area contributed by atoms with Crippen molar-refractivity contribution in [2.24, 2.45) is 0 Å². The van der Waals surface area contributed by atoms with Crippen LogP contribution in [-0.4, -0.2) is 89.2 Å². The third kappa shape index (κ3) is 40.6. The Labute approximate surface area is 446 Å². The zero-order valence-electron chi connectivity index (χ0n) is 47.4. The Hall–Kier alpha value is -2.28. The SMILES string of the molecule is CCCCCCCCCCCCCCCCCCCC(=O)OC1C(OCC(COC(=O)CCCCCCCCCCCCCCCCC)OC(=O)CCCCCCCCCCCCC)OC(C(=O)O)C(O)C1O. The number of aliphatic hydroxyl groups excluding tert-OH is 2. The number of carboxylic acid groups (broad SMARTS) is 1. The molecule has 6 unspecified atom stereocenters. The lowest BCUT2D eigenvalue weighted by Crippen LogP contribution is -2.61. The second-order valence-corrected chi connectivity index (χ2v) is 21.7. The minimum atomic E-state index is -1.89. The summed E-state index contributed by atoms with van der Waals surface area (Å²) in [6.45, 7) is 6.04. The molecule has 1 saturated heterocycles. The molecule has 6 atom stereocenters. The van der Waals surface area contributed by atoms with Crippen molar-refractivity contribution in [2.75, 3.05) is 13.2 Å². The van der Waals surface area contributed by atoms with Gasteiger partial charge in [0.1, 0.15) is 18.8 Å². The van der Waals surface area contributed by atoms with E-state index >= 15 is 0 Å². The summed E-state index contributed by atoms with van der Waals surface area (Å²) in [6, 6.07) is 0. The van der Waals surface area contributed by atoms with Crippen LogP contribution in [0, 0.1) is 0 Å². The van der Waals surface area contributed by atoms with E-state index in [-0.39, 0.29) is 25.9 Å². The minimum absolute atomic E-state index is 0.0710. The second-order valence-electron chi connectivity index (χ2n) is 21.7. The van der Waals surface area contributed by atoms with E-state index < -0.39 is 67.3 Å². The van der Waals surface area contributed by atoms with E-state index in [4.69, 9.17) is 23.7 Å². The summed E-state index contributed by atoms with van der Waals surface area (Å²) in [7, 11) is 0. The minimum Gasteiger partial charge on any atom is -0.479 e. The molecule has 0 spiro atoms. The van der Waals surface area contributed by atoms with Gasteiger partial charge in [-0.25, -0.2) is 4.79 Å². The number of hydrogen-bond donors (Lipinski definition) is 3. The fraction of sp³-hybridized carbons (Fsp3) is 0.934. The first-order valence-corrected chi connectivity index (χ1v) is 31.0. The van der Waals surface area contributed by atoms with Gasteiger partial charge in [-0.3, -0.25) is 14.4 Å². The molecule has 1 heterocycles. The molecule has 0 bridgehead atoms. The summed E-state index contributed by atoms with van der Waals surface area (Å²) in [4.78, 5) is 51.1. The maximum atomic E-state index is 13.1. The molecule has 1 aliphatic heterocycles. The lowest BCUT2D eigenvalue weighted by molar-refractivity contribution is -0.301. The Balaban J connectivity index is 2.62. The summed E-state index contributed by atoms with van der Waals surface area (Å²) in [6.07, 6.45) is 42.1. The zero-order valence-corrected chi connectivity index (χ0v) is 47.4. The molecule has 0 aromatic carbocycles. The third-order valence-electron chi connectivity index (χ3n) is 14.7. The highest BCUT2D eigenvalue weighted by atomic mass is 16.7. The van der Waals surface area contributed by atoms with Gasteiger partial charge in [0.15, 0.2) is 24.6 Å². The van der Waals surface area contributed by atoms with E-state index in [0.29, 0.717) is 19.3 Å². The quantitative estimate of drug-likeness (QED) is 0.0299. The number of carbonyl (C=O) groups excluding carboxylic acids is 3. The number of aliphatic hydroxyl groups is 2. The number of carbonyl (C=O) groups is 4. The molecule has 430 valence electrons. The normalized spacial score (nSPS) is 18.2. The first-order chi connectivity index (χ1) is 35.6. The number of carboxylic acids is 1. The van der Waals surface area contributed by atoms with Gasteiger partial charge in [-0.05, 0) is 19.3 Å². The number of ether oxygens (including phenoxy) is 5. The van der Waals surface area contributed by atoms with Gasteiger partial charge in [-0.2, -0.15) is 0 Å². The Morgan fingerprint density at radius 3 is 1.03 bits per heavy atom. The van der Waals surface area contributed by atoms with Crippen molar-refractivity contribution < 1.29 is 58.2 Å². The smallest absolute Gasteiger partial charge is 0.335 e. The van der Waals surface area contributed by atoms with Crippen molar-refractivity contribution in [2.45, 2.75) is 353 Å². The average Bonchev–Trinajstić information content (AvgIpc) is 3.37. The fourth-order valence-corrected chi connectivity index (χ4v) is 9.90. The van der Waals surface area contributed by atoms with Gasteiger partial charge < -0.3 is 39.0 Å². The zero-order chi connectivity index (χ0) is 53.3. The van der Waals surface area contributed by atoms with E-state index in [1.807, 2.05) is 0 Å². The molecule has 1 fully saturated rings.